The lowest BCUT2D eigenvalue weighted by atomic mass is 10.1. The van der Waals surface area contributed by atoms with Crippen molar-refractivity contribution in [1.29, 1.82) is 0 Å². The maximum atomic E-state index is 5.51. The third kappa shape index (κ3) is 4.53. The number of guanidine groups is 1. The summed E-state index contributed by atoms with van der Waals surface area (Å²) in [5.41, 5.74) is 3.29. The van der Waals surface area contributed by atoms with E-state index in [1.807, 2.05) is 30.3 Å². The number of anilines is 1. The zero-order valence-electron chi connectivity index (χ0n) is 17.3. The molecule has 156 valence electrons. The van der Waals surface area contributed by atoms with Crippen LogP contribution in [0.3, 0.4) is 0 Å². The SMILES string of the molecule is CN=C(NCc1cccc(-c2ncn[nH]2)c1)NC1CCN(c2ccccc2OC)C1. The van der Waals surface area contributed by atoms with Crippen molar-refractivity contribution in [3.63, 3.8) is 0 Å². The predicted octanol–water partition coefficient (Wildman–Crippen LogP) is 2.42. The topological polar surface area (TPSA) is 90.5 Å². The van der Waals surface area contributed by atoms with Crippen LogP contribution in [0, 0.1) is 0 Å². The molecule has 3 N–H and O–H groups in total. The Morgan fingerprint density at radius 2 is 2.17 bits per heavy atom. The van der Waals surface area contributed by atoms with Crippen LogP contribution in [0.4, 0.5) is 5.69 Å². The van der Waals surface area contributed by atoms with Crippen molar-refractivity contribution in [2.24, 2.45) is 4.99 Å². The third-order valence-corrected chi connectivity index (χ3v) is 5.25. The molecule has 1 atom stereocenters. The number of methoxy groups -OCH3 is 1. The average Bonchev–Trinajstić information content (AvgIpc) is 3.49. The molecule has 8 heteroatoms. The molecule has 0 saturated carbocycles. The number of aromatic nitrogens is 3. The Kier molecular flexibility index (Phi) is 6.12. The molecule has 1 fully saturated rings. The van der Waals surface area contributed by atoms with Gasteiger partial charge in [0.2, 0.25) is 0 Å². The summed E-state index contributed by atoms with van der Waals surface area (Å²) in [4.78, 5) is 11.0. The van der Waals surface area contributed by atoms with Crippen LogP contribution in [0.15, 0.2) is 59.9 Å². The minimum atomic E-state index is 0.321. The normalized spacial score (nSPS) is 16.5. The Hall–Kier alpha value is -3.55. The number of para-hydroxylation sites is 2. The highest BCUT2D eigenvalue weighted by molar-refractivity contribution is 5.80. The fourth-order valence-corrected chi connectivity index (χ4v) is 3.73. The van der Waals surface area contributed by atoms with Crippen LogP contribution in [0.2, 0.25) is 0 Å². The van der Waals surface area contributed by atoms with E-state index in [1.165, 1.54) is 6.33 Å². The van der Waals surface area contributed by atoms with Crippen LogP contribution < -0.4 is 20.3 Å². The summed E-state index contributed by atoms with van der Waals surface area (Å²) in [5, 5.41) is 13.8. The van der Waals surface area contributed by atoms with Crippen LogP contribution >= 0.6 is 0 Å². The van der Waals surface area contributed by atoms with E-state index in [0.717, 1.165) is 53.9 Å². The summed E-state index contributed by atoms with van der Waals surface area (Å²) >= 11 is 0. The largest absolute Gasteiger partial charge is 0.495 e. The number of rotatable bonds is 6. The number of ether oxygens (including phenoxy) is 1. The van der Waals surface area contributed by atoms with Crippen molar-refractivity contribution < 1.29 is 4.74 Å². The van der Waals surface area contributed by atoms with Gasteiger partial charge in [0.15, 0.2) is 11.8 Å². The van der Waals surface area contributed by atoms with Gasteiger partial charge in [0.25, 0.3) is 0 Å². The second-order valence-electron chi connectivity index (χ2n) is 7.21. The second-order valence-corrected chi connectivity index (χ2v) is 7.21. The molecular formula is C22H27N7O. The van der Waals surface area contributed by atoms with Crippen molar-refractivity contribution in [3.05, 3.63) is 60.4 Å². The Bertz CT molecular complexity index is 987. The molecule has 1 saturated heterocycles. The molecule has 30 heavy (non-hydrogen) atoms. The number of nitrogens with one attached hydrogen (secondary N) is 3. The predicted molar refractivity (Wildman–Crippen MR) is 119 cm³/mol. The minimum absolute atomic E-state index is 0.321. The summed E-state index contributed by atoms with van der Waals surface area (Å²) in [6, 6.07) is 16.7. The molecule has 4 rings (SSSR count). The van der Waals surface area contributed by atoms with Crippen molar-refractivity contribution >= 4 is 11.6 Å². The van der Waals surface area contributed by atoms with Crippen molar-refractivity contribution in [1.82, 2.24) is 25.8 Å². The molecule has 1 aromatic heterocycles. The van der Waals surface area contributed by atoms with E-state index in [0.29, 0.717) is 12.6 Å². The van der Waals surface area contributed by atoms with E-state index >= 15 is 0 Å². The fraction of sp³-hybridized carbons (Fsp3) is 0.318. The van der Waals surface area contributed by atoms with Crippen LogP contribution in [0.1, 0.15) is 12.0 Å². The molecule has 0 amide bonds. The lowest BCUT2D eigenvalue weighted by Crippen LogP contribution is -2.44. The van der Waals surface area contributed by atoms with E-state index in [-0.39, 0.29) is 0 Å². The Labute approximate surface area is 176 Å². The monoisotopic (exact) mass is 405 g/mol. The average molecular weight is 406 g/mol. The van der Waals surface area contributed by atoms with Crippen LogP contribution in [0.25, 0.3) is 11.4 Å². The van der Waals surface area contributed by atoms with Crippen LogP contribution in [0.5, 0.6) is 5.75 Å². The molecule has 0 aliphatic carbocycles. The first-order chi connectivity index (χ1) is 14.8. The van der Waals surface area contributed by atoms with Gasteiger partial charge in [0.05, 0.1) is 12.8 Å². The van der Waals surface area contributed by atoms with Gasteiger partial charge in [0.1, 0.15) is 12.1 Å². The van der Waals surface area contributed by atoms with Crippen molar-refractivity contribution in [2.45, 2.75) is 19.0 Å². The summed E-state index contributed by atoms with van der Waals surface area (Å²) in [5.74, 6) is 2.47. The lowest BCUT2D eigenvalue weighted by molar-refractivity contribution is 0.415. The van der Waals surface area contributed by atoms with Gasteiger partial charge in [-0.2, -0.15) is 5.10 Å². The molecule has 8 nitrogen and oxygen atoms in total. The molecule has 2 heterocycles. The molecule has 1 aliphatic heterocycles. The maximum Gasteiger partial charge on any atom is 0.191 e. The number of nitrogens with zero attached hydrogens (tertiary/aromatic N) is 4. The first-order valence-corrected chi connectivity index (χ1v) is 10.1. The van der Waals surface area contributed by atoms with Gasteiger partial charge in [-0.3, -0.25) is 10.1 Å². The number of benzene rings is 2. The summed E-state index contributed by atoms with van der Waals surface area (Å²) in [6.45, 7) is 2.56. The highest BCUT2D eigenvalue weighted by Crippen LogP contribution is 2.30. The number of H-pyrrole nitrogens is 1. The highest BCUT2D eigenvalue weighted by atomic mass is 16.5. The molecule has 0 bridgehead atoms. The summed E-state index contributed by atoms with van der Waals surface area (Å²) in [7, 11) is 3.51. The smallest absolute Gasteiger partial charge is 0.191 e. The molecule has 0 spiro atoms. The van der Waals surface area contributed by atoms with E-state index < -0.39 is 0 Å². The number of hydrogen-bond acceptors (Lipinski definition) is 5. The molecule has 1 unspecified atom stereocenters. The summed E-state index contributed by atoms with van der Waals surface area (Å²) < 4.78 is 5.51. The number of hydrogen-bond donors (Lipinski definition) is 3. The molecule has 0 radical (unpaired) electrons. The standard InChI is InChI=1S/C22H27N7O/c1-23-22(24-13-16-6-5-7-17(12-16)21-25-15-26-28-21)27-18-10-11-29(14-18)19-8-3-4-9-20(19)30-2/h3-9,12,15,18H,10-11,13-14H2,1-2H3,(H2,23,24,27)(H,25,26,28). The molecular weight excluding hydrogens is 378 g/mol. The number of aromatic amines is 1. The minimum Gasteiger partial charge on any atom is -0.495 e. The fourth-order valence-electron chi connectivity index (χ4n) is 3.73. The first-order valence-electron chi connectivity index (χ1n) is 10.1. The Morgan fingerprint density at radius 1 is 1.27 bits per heavy atom. The van der Waals surface area contributed by atoms with Gasteiger partial charge < -0.3 is 20.3 Å². The first kappa shape index (κ1) is 19.8. The molecule has 1 aliphatic rings. The summed E-state index contributed by atoms with van der Waals surface area (Å²) in [6.07, 6.45) is 2.56. The zero-order valence-corrected chi connectivity index (χ0v) is 17.3. The zero-order chi connectivity index (χ0) is 20.8. The lowest BCUT2D eigenvalue weighted by Gasteiger charge is -2.22. The maximum absolute atomic E-state index is 5.51. The second kappa shape index (κ2) is 9.30. The highest BCUT2D eigenvalue weighted by Gasteiger charge is 2.25. The molecule has 2 aromatic carbocycles. The molecule has 3 aromatic rings. The van der Waals surface area contributed by atoms with Crippen LogP contribution in [-0.4, -0.2) is 54.4 Å². The van der Waals surface area contributed by atoms with Gasteiger partial charge in [-0.05, 0) is 30.2 Å². The van der Waals surface area contributed by atoms with E-state index in [2.05, 4.69) is 53.9 Å². The third-order valence-electron chi connectivity index (χ3n) is 5.25. The van der Waals surface area contributed by atoms with Crippen molar-refractivity contribution in [3.8, 4) is 17.1 Å². The van der Waals surface area contributed by atoms with Gasteiger partial charge in [-0.15, -0.1) is 0 Å². The van der Waals surface area contributed by atoms with E-state index in [1.54, 1.807) is 14.2 Å². The van der Waals surface area contributed by atoms with Crippen LogP contribution in [-0.2, 0) is 6.54 Å². The van der Waals surface area contributed by atoms with E-state index in [9.17, 15) is 0 Å². The van der Waals surface area contributed by atoms with Gasteiger partial charge in [-0.1, -0.05) is 30.3 Å². The number of aliphatic imine (C=N–C) groups is 1. The Morgan fingerprint density at radius 3 is 2.97 bits per heavy atom. The van der Waals surface area contributed by atoms with E-state index in [4.69, 9.17) is 4.74 Å². The van der Waals surface area contributed by atoms with Crippen molar-refractivity contribution in [2.75, 3.05) is 32.1 Å². The Balaban J connectivity index is 1.33. The van der Waals surface area contributed by atoms with Gasteiger partial charge in [0, 0.05) is 38.3 Å². The van der Waals surface area contributed by atoms with Gasteiger partial charge >= 0.3 is 0 Å². The van der Waals surface area contributed by atoms with Gasteiger partial charge in [-0.25, -0.2) is 4.98 Å². The quantitative estimate of drug-likeness (QED) is 0.431.